The van der Waals surface area contributed by atoms with E-state index in [1.807, 2.05) is 0 Å². The molecule has 0 aliphatic heterocycles. The van der Waals surface area contributed by atoms with E-state index in [9.17, 15) is 76.6 Å². The van der Waals surface area contributed by atoms with Gasteiger partial charge in [-0.2, -0.15) is 0 Å². The van der Waals surface area contributed by atoms with E-state index >= 15 is 0 Å². The molecule has 0 amide bonds. The van der Waals surface area contributed by atoms with Gasteiger partial charge in [0.15, 0.2) is 46.0 Å². The van der Waals surface area contributed by atoms with Gasteiger partial charge < -0.3 is 76.6 Å². The van der Waals surface area contributed by atoms with Crippen molar-refractivity contribution < 1.29 is 76.6 Å². The maximum atomic E-state index is 12.4. The molecule has 9 rings (SSSR count). The number of hydrogen-bond donors (Lipinski definition) is 15. The highest BCUT2D eigenvalue weighted by atomic mass is 16.3. The molecule has 15 nitrogen and oxygen atoms in total. The highest BCUT2D eigenvalue weighted by Gasteiger charge is 2.54. The topological polar surface area (TPSA) is 303 Å². The van der Waals surface area contributed by atoms with E-state index in [-0.39, 0.29) is 66.4 Å². The first-order valence-electron chi connectivity index (χ1n) is 16.4. The summed E-state index contributed by atoms with van der Waals surface area (Å²) in [7, 11) is 0. The molecule has 0 radical (unpaired) electrons. The maximum absolute atomic E-state index is 12.4. The highest BCUT2D eigenvalue weighted by molar-refractivity contribution is 6.27. The van der Waals surface area contributed by atoms with Crippen molar-refractivity contribution in [3.05, 3.63) is 27.8 Å². The van der Waals surface area contributed by atoms with Gasteiger partial charge >= 0.3 is 0 Å². The molecule has 0 saturated carbocycles. The number of benzene rings is 6. The standard InChI is InChI=1S/C39H30O15/c1-6-7-8-11(28(45)35(52)32(49)17(8)31(48)23(6)40)14-10(7)24(41)19-20(25(14)42)39(4,5)22-21(38(19,2)3)26(43)15-12-9-13(16(15)27(22)44)30(47)37(54)34(51)18(9)33(50)36(53)29(12)46/h40-54H,1-5H3. The molecule has 0 saturated heterocycles. The molecule has 0 spiro atoms. The summed E-state index contributed by atoms with van der Waals surface area (Å²) in [5.41, 5.74) is -6.08. The zero-order valence-electron chi connectivity index (χ0n) is 28.7. The average molecular weight is 739 g/mol. The van der Waals surface area contributed by atoms with Gasteiger partial charge in [-0.1, -0.05) is 27.7 Å². The molecule has 6 aromatic rings. The third-order valence-electron chi connectivity index (χ3n) is 11.9. The van der Waals surface area contributed by atoms with E-state index in [2.05, 4.69) is 0 Å². The normalized spacial score (nSPS) is 15.1. The van der Waals surface area contributed by atoms with E-state index in [1.54, 1.807) is 0 Å². The van der Waals surface area contributed by atoms with Crippen molar-refractivity contribution >= 4 is 21.5 Å². The van der Waals surface area contributed by atoms with Crippen LogP contribution in [0.3, 0.4) is 0 Å². The quantitative estimate of drug-likeness (QED) is 0.0613. The number of phenolic OH excluding ortho intramolecular Hbond substituents is 15. The molecule has 0 fully saturated rings. The van der Waals surface area contributed by atoms with Crippen LogP contribution in [-0.4, -0.2) is 76.6 Å². The van der Waals surface area contributed by atoms with E-state index in [0.29, 0.717) is 0 Å². The summed E-state index contributed by atoms with van der Waals surface area (Å²) in [4.78, 5) is 0. The van der Waals surface area contributed by atoms with Crippen LogP contribution < -0.4 is 0 Å². The first-order chi connectivity index (χ1) is 25.1. The Morgan fingerprint density at radius 1 is 0.241 bits per heavy atom. The minimum absolute atomic E-state index is 0.0238. The minimum atomic E-state index is -1.66. The average Bonchev–Trinajstić information content (AvgIpc) is 3.65. The number of fused-ring (bicyclic) bond motifs is 8. The van der Waals surface area contributed by atoms with Crippen LogP contribution >= 0.6 is 0 Å². The monoisotopic (exact) mass is 738 g/mol. The van der Waals surface area contributed by atoms with E-state index < -0.39 is 125 Å². The molecule has 0 unspecified atom stereocenters. The molecular formula is C39H30O15. The second kappa shape index (κ2) is 9.06. The van der Waals surface area contributed by atoms with Gasteiger partial charge in [-0.3, -0.25) is 0 Å². The Morgan fingerprint density at radius 3 is 0.778 bits per heavy atom. The zero-order chi connectivity index (χ0) is 39.5. The molecule has 0 atom stereocenters. The second-order valence-corrected chi connectivity index (χ2v) is 15.1. The Kier molecular flexibility index (Phi) is 5.49. The fourth-order valence-electron chi connectivity index (χ4n) is 9.60. The van der Waals surface area contributed by atoms with Crippen LogP contribution in [0.2, 0.25) is 0 Å². The van der Waals surface area contributed by atoms with Crippen molar-refractivity contribution in [3.8, 4) is 131 Å². The number of hydrogen-bond acceptors (Lipinski definition) is 15. The summed E-state index contributed by atoms with van der Waals surface area (Å²) in [5.74, 6) is -13.6. The molecule has 0 heterocycles. The second-order valence-electron chi connectivity index (χ2n) is 15.1. The van der Waals surface area contributed by atoms with Gasteiger partial charge in [-0.05, 0) is 6.92 Å². The Morgan fingerprint density at radius 2 is 0.481 bits per heavy atom. The van der Waals surface area contributed by atoms with Crippen LogP contribution in [0.15, 0.2) is 0 Å². The van der Waals surface area contributed by atoms with Gasteiger partial charge in [0.05, 0.1) is 10.8 Å². The number of aromatic hydroxyl groups is 15. The predicted molar refractivity (Wildman–Crippen MR) is 191 cm³/mol. The van der Waals surface area contributed by atoms with Crippen LogP contribution in [0.4, 0.5) is 0 Å². The Bertz CT molecular complexity index is 2550. The van der Waals surface area contributed by atoms with Gasteiger partial charge in [0.2, 0.25) is 17.2 Å². The zero-order valence-corrected chi connectivity index (χ0v) is 28.7. The fourth-order valence-corrected chi connectivity index (χ4v) is 9.60. The summed E-state index contributed by atoms with van der Waals surface area (Å²) in [6.45, 7) is 7.43. The van der Waals surface area contributed by atoms with Gasteiger partial charge in [-0.15, -0.1) is 0 Å². The molecule has 0 bridgehead atoms. The van der Waals surface area contributed by atoms with E-state index in [4.69, 9.17) is 0 Å². The van der Waals surface area contributed by atoms with Gasteiger partial charge in [0.25, 0.3) is 0 Å². The predicted octanol–water partition coefficient (Wildman–Crippen LogP) is 6.15. The molecule has 6 aromatic carbocycles. The first-order valence-corrected chi connectivity index (χ1v) is 16.4. The van der Waals surface area contributed by atoms with Crippen LogP contribution in [0.1, 0.15) is 55.5 Å². The van der Waals surface area contributed by atoms with Crippen molar-refractivity contribution in [2.45, 2.75) is 45.4 Å². The molecule has 3 aliphatic rings. The summed E-state index contributed by atoms with van der Waals surface area (Å²) >= 11 is 0. The van der Waals surface area contributed by atoms with Crippen LogP contribution in [0, 0.1) is 6.92 Å². The van der Waals surface area contributed by atoms with Crippen LogP contribution in [0.5, 0.6) is 86.2 Å². The van der Waals surface area contributed by atoms with Gasteiger partial charge in [0, 0.05) is 93.9 Å². The third kappa shape index (κ3) is 3.02. The SMILES string of the molecule is Cc1c(O)c(O)c2c(O)c(O)c(O)c3c2c1-c1c(O)c2c(c(O)c1-3)C(C)(C)c1c(O)c3c(c(O)c1C2(C)C)-c1c(O)c(O)c(O)c2c(O)c(O)c(O)c-3c12. The van der Waals surface area contributed by atoms with Crippen molar-refractivity contribution in [1.82, 2.24) is 0 Å². The smallest absolute Gasteiger partial charge is 0.201 e. The van der Waals surface area contributed by atoms with Crippen molar-refractivity contribution in [3.63, 3.8) is 0 Å². The molecule has 3 aliphatic carbocycles. The summed E-state index contributed by atoms with van der Waals surface area (Å²) in [6, 6.07) is 0. The lowest BCUT2D eigenvalue weighted by atomic mass is 9.57. The lowest BCUT2D eigenvalue weighted by Crippen LogP contribution is -2.37. The maximum Gasteiger partial charge on any atom is 0.201 e. The van der Waals surface area contributed by atoms with Crippen LogP contribution in [-0.2, 0) is 10.8 Å². The van der Waals surface area contributed by atoms with Crippen molar-refractivity contribution in [1.29, 1.82) is 0 Å². The molecular weight excluding hydrogens is 708 g/mol. The minimum Gasteiger partial charge on any atom is -0.507 e. The largest absolute Gasteiger partial charge is 0.507 e. The van der Waals surface area contributed by atoms with Crippen molar-refractivity contribution in [2.24, 2.45) is 0 Å². The van der Waals surface area contributed by atoms with Gasteiger partial charge in [-0.25, -0.2) is 0 Å². The lowest BCUT2D eigenvalue weighted by molar-refractivity contribution is 0.363. The van der Waals surface area contributed by atoms with Crippen LogP contribution in [0.25, 0.3) is 66.1 Å². The summed E-state index contributed by atoms with van der Waals surface area (Å²) in [5, 5.41) is 168. The van der Waals surface area contributed by atoms with Gasteiger partial charge in [0.1, 0.15) is 23.0 Å². The Hall–Kier alpha value is -7.16. The fraction of sp³-hybridized carbons (Fsp3) is 0.179. The van der Waals surface area contributed by atoms with Crippen molar-refractivity contribution in [2.75, 3.05) is 0 Å². The first kappa shape index (κ1) is 32.7. The molecule has 54 heavy (non-hydrogen) atoms. The highest BCUT2D eigenvalue weighted by Crippen LogP contribution is 2.73. The third-order valence-corrected chi connectivity index (χ3v) is 11.9. The molecule has 0 aromatic heterocycles. The Balaban J connectivity index is 1.48. The lowest BCUT2D eigenvalue weighted by Gasteiger charge is -2.46. The molecule has 276 valence electrons. The Labute approximate surface area is 301 Å². The number of phenols is 15. The van der Waals surface area contributed by atoms with E-state index in [1.165, 1.54) is 34.6 Å². The number of rotatable bonds is 0. The van der Waals surface area contributed by atoms with E-state index in [0.717, 1.165) is 0 Å². The summed E-state index contributed by atoms with van der Waals surface area (Å²) in [6.07, 6.45) is 0. The summed E-state index contributed by atoms with van der Waals surface area (Å²) < 4.78 is 0. The molecule has 15 heteroatoms. The molecule has 15 N–H and O–H groups in total.